The Hall–Kier alpha value is -1.32. The Bertz CT molecular complexity index is 654. The number of thiophene rings is 1. The van der Waals surface area contributed by atoms with E-state index in [1.807, 2.05) is 18.2 Å². The van der Waals surface area contributed by atoms with Crippen molar-refractivity contribution >= 4 is 34.0 Å². The maximum atomic E-state index is 5.94. The van der Waals surface area contributed by atoms with Crippen molar-refractivity contribution in [3.8, 4) is 10.7 Å². The Morgan fingerprint density at radius 1 is 1.31 bits per heavy atom. The number of imidazole rings is 1. The fourth-order valence-corrected chi connectivity index (χ4v) is 2.75. The molecule has 3 aromatic rings. The lowest BCUT2D eigenvalue weighted by molar-refractivity contribution is 1.34. The van der Waals surface area contributed by atoms with Crippen molar-refractivity contribution in [1.82, 2.24) is 9.97 Å². The highest BCUT2D eigenvalue weighted by atomic mass is 35.5. The lowest BCUT2D eigenvalue weighted by Gasteiger charge is -1.91. The highest BCUT2D eigenvalue weighted by Gasteiger charge is 2.08. The number of nitrogens with one attached hydrogen (secondary N) is 1. The van der Waals surface area contributed by atoms with Crippen LogP contribution in [0.25, 0.3) is 21.7 Å². The van der Waals surface area contributed by atoms with Crippen molar-refractivity contribution in [3.63, 3.8) is 0 Å². The fourth-order valence-electron chi connectivity index (χ4n) is 1.70. The predicted molar refractivity (Wildman–Crippen MR) is 69.2 cm³/mol. The molecule has 16 heavy (non-hydrogen) atoms. The summed E-state index contributed by atoms with van der Waals surface area (Å²) in [7, 11) is 0. The maximum Gasteiger partial charge on any atom is 0.148 e. The van der Waals surface area contributed by atoms with Crippen LogP contribution < -0.4 is 0 Å². The second-order valence-corrected chi connectivity index (χ2v) is 5.03. The van der Waals surface area contributed by atoms with Gasteiger partial charge in [0.2, 0.25) is 0 Å². The van der Waals surface area contributed by atoms with Gasteiger partial charge in [-0.2, -0.15) is 0 Å². The van der Waals surface area contributed by atoms with Crippen molar-refractivity contribution in [3.05, 3.63) is 40.2 Å². The molecule has 4 heteroatoms. The van der Waals surface area contributed by atoms with Crippen molar-refractivity contribution in [2.24, 2.45) is 0 Å². The van der Waals surface area contributed by atoms with Crippen molar-refractivity contribution in [1.29, 1.82) is 0 Å². The van der Waals surface area contributed by atoms with E-state index in [1.54, 1.807) is 11.3 Å². The Morgan fingerprint density at radius 3 is 2.94 bits per heavy atom. The quantitative estimate of drug-likeness (QED) is 0.685. The van der Waals surface area contributed by atoms with Gasteiger partial charge in [0.05, 0.1) is 15.9 Å². The van der Waals surface area contributed by atoms with Gasteiger partial charge in [-0.05, 0) is 42.1 Å². The molecule has 2 nitrogen and oxygen atoms in total. The molecule has 0 aliphatic rings. The second kappa shape index (κ2) is 3.61. The molecule has 0 aliphatic carbocycles. The van der Waals surface area contributed by atoms with Gasteiger partial charge in [0, 0.05) is 5.02 Å². The zero-order chi connectivity index (χ0) is 11.1. The first-order valence-corrected chi connectivity index (χ1v) is 6.19. The summed E-state index contributed by atoms with van der Waals surface area (Å²) in [5.74, 6) is 0.921. The number of nitrogens with zero attached hydrogens (tertiary/aromatic N) is 1. The number of hydrogen-bond acceptors (Lipinski definition) is 2. The lowest BCUT2D eigenvalue weighted by Crippen LogP contribution is -1.77. The van der Waals surface area contributed by atoms with Gasteiger partial charge in [0.1, 0.15) is 5.82 Å². The van der Waals surface area contributed by atoms with Gasteiger partial charge in [0.15, 0.2) is 0 Å². The van der Waals surface area contributed by atoms with Gasteiger partial charge in [0.25, 0.3) is 0 Å². The third kappa shape index (κ3) is 1.52. The number of aryl methyl sites for hydroxylation is 1. The third-order valence-corrected chi connectivity index (χ3v) is 3.78. The minimum atomic E-state index is 0.727. The molecule has 0 saturated carbocycles. The molecule has 0 aliphatic heterocycles. The molecule has 0 radical (unpaired) electrons. The lowest BCUT2D eigenvalue weighted by atomic mass is 10.3. The monoisotopic (exact) mass is 248 g/mol. The molecular weight excluding hydrogens is 240 g/mol. The zero-order valence-electron chi connectivity index (χ0n) is 8.62. The van der Waals surface area contributed by atoms with E-state index in [-0.39, 0.29) is 0 Å². The SMILES string of the molecule is Cc1ccsc1-c1nc2ccc(Cl)cc2[nH]1. The van der Waals surface area contributed by atoms with Crippen LogP contribution in [0.5, 0.6) is 0 Å². The van der Waals surface area contributed by atoms with Gasteiger partial charge in [-0.1, -0.05) is 11.6 Å². The Balaban J connectivity index is 2.23. The first-order valence-electron chi connectivity index (χ1n) is 4.94. The number of aromatic amines is 1. The fraction of sp³-hybridized carbons (Fsp3) is 0.0833. The summed E-state index contributed by atoms with van der Waals surface area (Å²) in [5.41, 5.74) is 3.18. The van der Waals surface area contributed by atoms with E-state index in [9.17, 15) is 0 Å². The molecule has 2 heterocycles. The minimum absolute atomic E-state index is 0.727. The molecule has 0 saturated heterocycles. The first-order chi connectivity index (χ1) is 7.74. The van der Waals surface area contributed by atoms with Crippen LogP contribution in [0.4, 0.5) is 0 Å². The molecule has 0 spiro atoms. The van der Waals surface area contributed by atoms with E-state index in [2.05, 4.69) is 28.3 Å². The highest BCUT2D eigenvalue weighted by Crippen LogP contribution is 2.29. The summed E-state index contributed by atoms with van der Waals surface area (Å²) >= 11 is 7.63. The number of H-pyrrole nitrogens is 1. The second-order valence-electron chi connectivity index (χ2n) is 3.68. The maximum absolute atomic E-state index is 5.94. The largest absolute Gasteiger partial charge is 0.337 e. The highest BCUT2D eigenvalue weighted by molar-refractivity contribution is 7.13. The summed E-state index contributed by atoms with van der Waals surface area (Å²) in [6, 6.07) is 7.78. The summed E-state index contributed by atoms with van der Waals surface area (Å²) in [5, 5.41) is 2.80. The summed E-state index contributed by atoms with van der Waals surface area (Å²) in [6.45, 7) is 2.09. The van der Waals surface area contributed by atoms with Gasteiger partial charge in [-0.15, -0.1) is 11.3 Å². The van der Waals surface area contributed by atoms with Gasteiger partial charge < -0.3 is 4.98 Å². The van der Waals surface area contributed by atoms with E-state index < -0.39 is 0 Å². The third-order valence-electron chi connectivity index (χ3n) is 2.52. The average Bonchev–Trinajstić information content (AvgIpc) is 2.82. The van der Waals surface area contributed by atoms with E-state index in [4.69, 9.17) is 11.6 Å². The van der Waals surface area contributed by atoms with Gasteiger partial charge in [-0.25, -0.2) is 4.98 Å². The van der Waals surface area contributed by atoms with E-state index in [0.29, 0.717) is 0 Å². The van der Waals surface area contributed by atoms with Crippen LogP contribution in [0.1, 0.15) is 5.56 Å². The van der Waals surface area contributed by atoms with Crippen LogP contribution in [-0.4, -0.2) is 9.97 Å². The van der Waals surface area contributed by atoms with Crippen LogP contribution in [-0.2, 0) is 0 Å². The number of fused-ring (bicyclic) bond motifs is 1. The number of hydrogen-bond donors (Lipinski definition) is 1. The van der Waals surface area contributed by atoms with Crippen molar-refractivity contribution < 1.29 is 0 Å². The van der Waals surface area contributed by atoms with E-state index in [1.165, 1.54) is 10.4 Å². The molecule has 0 fully saturated rings. The normalized spacial score (nSPS) is 11.1. The number of rotatable bonds is 1. The molecule has 0 bridgehead atoms. The van der Waals surface area contributed by atoms with Crippen LogP contribution in [0.15, 0.2) is 29.6 Å². The number of halogens is 1. The predicted octanol–water partition coefficient (Wildman–Crippen LogP) is 4.25. The molecule has 3 rings (SSSR count). The molecule has 1 N–H and O–H groups in total. The van der Waals surface area contributed by atoms with E-state index >= 15 is 0 Å². The number of benzene rings is 1. The molecule has 0 atom stereocenters. The Labute approximate surface area is 102 Å². The number of aromatic nitrogens is 2. The molecule has 2 aromatic heterocycles. The Kier molecular flexibility index (Phi) is 2.23. The molecule has 1 aromatic carbocycles. The van der Waals surface area contributed by atoms with Gasteiger partial charge in [-0.3, -0.25) is 0 Å². The molecule has 0 amide bonds. The topological polar surface area (TPSA) is 28.7 Å². The minimum Gasteiger partial charge on any atom is -0.337 e. The zero-order valence-corrected chi connectivity index (χ0v) is 10.2. The Morgan fingerprint density at radius 2 is 2.19 bits per heavy atom. The van der Waals surface area contributed by atoms with Crippen LogP contribution in [0.3, 0.4) is 0 Å². The van der Waals surface area contributed by atoms with Crippen LogP contribution in [0, 0.1) is 6.92 Å². The van der Waals surface area contributed by atoms with Gasteiger partial charge >= 0.3 is 0 Å². The van der Waals surface area contributed by atoms with Crippen molar-refractivity contribution in [2.45, 2.75) is 6.92 Å². The summed E-state index contributed by atoms with van der Waals surface area (Å²) in [4.78, 5) is 9.04. The molecular formula is C12H9ClN2S. The van der Waals surface area contributed by atoms with Crippen LogP contribution >= 0.6 is 22.9 Å². The standard InChI is InChI=1S/C12H9ClN2S/c1-7-4-5-16-11(7)12-14-9-3-2-8(13)6-10(9)15-12/h2-6H,1H3,(H,14,15). The first kappa shape index (κ1) is 9.87. The van der Waals surface area contributed by atoms with Crippen molar-refractivity contribution in [2.75, 3.05) is 0 Å². The van der Waals surface area contributed by atoms with Crippen LogP contribution in [0.2, 0.25) is 5.02 Å². The molecule has 80 valence electrons. The summed E-state index contributed by atoms with van der Waals surface area (Å²) in [6.07, 6.45) is 0. The molecule has 0 unspecified atom stereocenters. The smallest absolute Gasteiger partial charge is 0.148 e. The average molecular weight is 249 g/mol. The summed E-state index contributed by atoms with van der Waals surface area (Å²) < 4.78 is 0. The van der Waals surface area contributed by atoms with E-state index in [0.717, 1.165) is 21.9 Å².